The van der Waals surface area contributed by atoms with Gasteiger partial charge in [-0.05, 0) is 37.5 Å². The van der Waals surface area contributed by atoms with Crippen molar-refractivity contribution >= 4 is 17.5 Å². The molecule has 1 fully saturated rings. The molecule has 1 amide bonds. The van der Waals surface area contributed by atoms with Crippen molar-refractivity contribution in [2.45, 2.75) is 38.1 Å². The number of amides is 1. The summed E-state index contributed by atoms with van der Waals surface area (Å²) in [4.78, 5) is 11.9. The van der Waals surface area contributed by atoms with Gasteiger partial charge in [0.05, 0.1) is 0 Å². The molecule has 104 valence electrons. The van der Waals surface area contributed by atoms with Crippen LogP contribution in [0.3, 0.4) is 0 Å². The number of carbonyl (C=O) groups is 1. The van der Waals surface area contributed by atoms with E-state index >= 15 is 0 Å². The topological polar surface area (TPSA) is 55.1 Å². The summed E-state index contributed by atoms with van der Waals surface area (Å²) in [6.45, 7) is 4.39. The molecule has 1 aromatic carbocycles. The molecule has 0 radical (unpaired) electrons. The maximum atomic E-state index is 11.9. The van der Waals surface area contributed by atoms with Crippen LogP contribution in [0.25, 0.3) is 0 Å². The number of rotatable bonds is 5. The first-order valence-corrected chi connectivity index (χ1v) is 7.12. The van der Waals surface area contributed by atoms with E-state index in [9.17, 15) is 4.79 Å². The van der Waals surface area contributed by atoms with E-state index in [0.29, 0.717) is 6.54 Å². The first-order chi connectivity index (χ1) is 8.94. The van der Waals surface area contributed by atoms with Crippen LogP contribution < -0.4 is 11.1 Å². The van der Waals surface area contributed by atoms with E-state index in [1.54, 1.807) is 0 Å². The molecule has 0 bridgehead atoms. The van der Waals surface area contributed by atoms with Gasteiger partial charge in [-0.2, -0.15) is 0 Å². The van der Waals surface area contributed by atoms with Gasteiger partial charge < -0.3 is 11.1 Å². The fraction of sp³-hybridized carbons (Fsp3) is 0.533. The number of carbonyl (C=O) groups excluding carboxylic acids is 1. The van der Waals surface area contributed by atoms with Crippen LogP contribution in [0.1, 0.15) is 32.3 Å². The number of nitrogens with one attached hydrogen (secondary N) is 1. The summed E-state index contributed by atoms with van der Waals surface area (Å²) in [7, 11) is 0. The van der Waals surface area contributed by atoms with Gasteiger partial charge >= 0.3 is 0 Å². The molecule has 3 N–H and O–H groups in total. The highest BCUT2D eigenvalue weighted by Crippen LogP contribution is 2.48. The maximum Gasteiger partial charge on any atom is 0.224 e. The van der Waals surface area contributed by atoms with Crippen LogP contribution in [-0.2, 0) is 10.2 Å². The standard InChI is InChI=1S/C15H21ClN2O/c1-10(11(2)17)14(19)18-9-15(6-7-15)12-4-3-5-13(16)8-12/h3-5,8,10-11H,6-7,9,17H2,1-2H3,(H,18,19). The highest BCUT2D eigenvalue weighted by atomic mass is 35.5. The third-order valence-corrected chi connectivity index (χ3v) is 4.33. The molecule has 1 saturated carbocycles. The van der Waals surface area contributed by atoms with Crippen molar-refractivity contribution < 1.29 is 4.79 Å². The summed E-state index contributed by atoms with van der Waals surface area (Å²) < 4.78 is 0. The molecule has 4 heteroatoms. The predicted molar refractivity (Wildman–Crippen MR) is 78.2 cm³/mol. The van der Waals surface area contributed by atoms with E-state index in [4.69, 9.17) is 17.3 Å². The molecule has 1 aliphatic carbocycles. The molecular weight excluding hydrogens is 260 g/mol. The van der Waals surface area contributed by atoms with Crippen molar-refractivity contribution in [1.82, 2.24) is 5.32 Å². The molecule has 2 unspecified atom stereocenters. The molecule has 0 aliphatic heterocycles. The third kappa shape index (κ3) is 3.28. The van der Waals surface area contributed by atoms with E-state index in [0.717, 1.165) is 17.9 Å². The smallest absolute Gasteiger partial charge is 0.224 e. The Bertz CT molecular complexity index is 469. The van der Waals surface area contributed by atoms with Crippen molar-refractivity contribution in [3.63, 3.8) is 0 Å². The number of hydrogen-bond acceptors (Lipinski definition) is 2. The van der Waals surface area contributed by atoms with E-state index < -0.39 is 0 Å². The summed E-state index contributed by atoms with van der Waals surface area (Å²) in [6, 6.07) is 7.79. The lowest BCUT2D eigenvalue weighted by Gasteiger charge is -2.20. The van der Waals surface area contributed by atoms with Crippen molar-refractivity contribution in [2.24, 2.45) is 11.7 Å². The summed E-state index contributed by atoms with van der Waals surface area (Å²) in [5.41, 5.74) is 7.04. The lowest BCUT2D eigenvalue weighted by atomic mass is 9.95. The third-order valence-electron chi connectivity index (χ3n) is 4.09. The molecule has 1 aliphatic rings. The highest BCUT2D eigenvalue weighted by molar-refractivity contribution is 6.30. The van der Waals surface area contributed by atoms with Gasteiger partial charge in [-0.1, -0.05) is 30.7 Å². The Morgan fingerprint density at radius 1 is 1.47 bits per heavy atom. The monoisotopic (exact) mass is 280 g/mol. The molecule has 0 spiro atoms. The van der Waals surface area contributed by atoms with Gasteiger partial charge in [-0.3, -0.25) is 4.79 Å². The SMILES string of the molecule is CC(N)C(C)C(=O)NCC1(c2cccc(Cl)c2)CC1. The lowest BCUT2D eigenvalue weighted by molar-refractivity contribution is -0.125. The number of benzene rings is 1. The van der Waals surface area contributed by atoms with E-state index in [-0.39, 0.29) is 23.3 Å². The highest BCUT2D eigenvalue weighted by Gasteiger charge is 2.44. The fourth-order valence-corrected chi connectivity index (χ4v) is 2.38. The largest absolute Gasteiger partial charge is 0.355 e. The first kappa shape index (κ1) is 14.4. The summed E-state index contributed by atoms with van der Waals surface area (Å²) >= 11 is 6.03. The van der Waals surface area contributed by atoms with Crippen LogP contribution >= 0.6 is 11.6 Å². The van der Waals surface area contributed by atoms with E-state index in [2.05, 4.69) is 11.4 Å². The van der Waals surface area contributed by atoms with Crippen LogP contribution in [0.15, 0.2) is 24.3 Å². The lowest BCUT2D eigenvalue weighted by Crippen LogP contribution is -2.41. The zero-order chi connectivity index (χ0) is 14.0. The number of nitrogens with two attached hydrogens (primary N) is 1. The van der Waals surface area contributed by atoms with Gasteiger partial charge in [0.1, 0.15) is 0 Å². The summed E-state index contributed by atoms with van der Waals surface area (Å²) in [5.74, 6) is -0.126. The molecule has 2 atom stereocenters. The number of halogens is 1. The second kappa shape index (κ2) is 5.51. The predicted octanol–water partition coefficient (Wildman–Crippen LogP) is 2.47. The quantitative estimate of drug-likeness (QED) is 0.871. The average molecular weight is 281 g/mol. The van der Waals surface area contributed by atoms with E-state index in [1.807, 2.05) is 32.0 Å². The normalized spacial score (nSPS) is 19.6. The van der Waals surface area contributed by atoms with Gasteiger partial charge in [0, 0.05) is 28.9 Å². The Morgan fingerprint density at radius 3 is 2.68 bits per heavy atom. The molecule has 0 saturated heterocycles. The Labute approximate surface area is 119 Å². The fourth-order valence-electron chi connectivity index (χ4n) is 2.19. The Kier molecular flexibility index (Phi) is 4.16. The van der Waals surface area contributed by atoms with Gasteiger partial charge in [0.15, 0.2) is 0 Å². The van der Waals surface area contributed by atoms with Crippen LogP contribution in [0.5, 0.6) is 0 Å². The second-order valence-corrected chi connectivity index (χ2v) is 6.09. The zero-order valence-corrected chi connectivity index (χ0v) is 12.2. The molecular formula is C15H21ClN2O. The average Bonchev–Trinajstić information content (AvgIpc) is 3.16. The van der Waals surface area contributed by atoms with Crippen LogP contribution in [0, 0.1) is 5.92 Å². The molecule has 19 heavy (non-hydrogen) atoms. The van der Waals surface area contributed by atoms with Crippen molar-refractivity contribution in [1.29, 1.82) is 0 Å². The molecule has 0 aromatic heterocycles. The number of hydrogen-bond donors (Lipinski definition) is 2. The molecule has 1 aromatic rings. The Hall–Kier alpha value is -1.06. The zero-order valence-electron chi connectivity index (χ0n) is 11.4. The first-order valence-electron chi connectivity index (χ1n) is 6.74. The van der Waals surface area contributed by atoms with Gasteiger partial charge in [-0.15, -0.1) is 0 Å². The van der Waals surface area contributed by atoms with Crippen LogP contribution in [0.4, 0.5) is 0 Å². The minimum Gasteiger partial charge on any atom is -0.355 e. The molecule has 2 rings (SSSR count). The van der Waals surface area contributed by atoms with Gasteiger partial charge in [-0.25, -0.2) is 0 Å². The van der Waals surface area contributed by atoms with Gasteiger partial charge in [0.25, 0.3) is 0 Å². The summed E-state index contributed by atoms with van der Waals surface area (Å²) in [6.07, 6.45) is 2.19. The van der Waals surface area contributed by atoms with Crippen molar-refractivity contribution in [2.75, 3.05) is 6.54 Å². The molecule has 3 nitrogen and oxygen atoms in total. The molecule has 0 heterocycles. The van der Waals surface area contributed by atoms with Crippen LogP contribution in [0.2, 0.25) is 5.02 Å². The summed E-state index contributed by atoms with van der Waals surface area (Å²) in [5, 5.41) is 3.77. The van der Waals surface area contributed by atoms with Crippen molar-refractivity contribution in [3.05, 3.63) is 34.9 Å². The second-order valence-electron chi connectivity index (χ2n) is 5.66. The van der Waals surface area contributed by atoms with Crippen molar-refractivity contribution in [3.8, 4) is 0 Å². The minimum absolute atomic E-state index is 0.0308. The van der Waals surface area contributed by atoms with E-state index in [1.165, 1.54) is 5.56 Å². The maximum absolute atomic E-state index is 11.9. The Balaban J connectivity index is 1.98. The Morgan fingerprint density at radius 2 is 2.16 bits per heavy atom. The van der Waals surface area contributed by atoms with Gasteiger partial charge in [0.2, 0.25) is 5.91 Å². The minimum atomic E-state index is -0.157. The van der Waals surface area contributed by atoms with Crippen LogP contribution in [-0.4, -0.2) is 18.5 Å².